The van der Waals surface area contributed by atoms with Gasteiger partial charge in [-0.05, 0) is 42.7 Å². The minimum Gasteiger partial charge on any atom is -0.331 e. The van der Waals surface area contributed by atoms with Gasteiger partial charge in [0.05, 0.1) is 18.3 Å². The molecule has 5 nitrogen and oxygen atoms in total. The van der Waals surface area contributed by atoms with E-state index in [-0.39, 0.29) is 11.6 Å². The number of rotatable bonds is 3. The topological polar surface area (TPSA) is 58.1 Å². The van der Waals surface area contributed by atoms with Gasteiger partial charge in [0.15, 0.2) is 5.15 Å². The first-order chi connectivity index (χ1) is 12.0. The van der Waals surface area contributed by atoms with E-state index in [1.807, 2.05) is 0 Å². The Bertz CT molecular complexity index is 802. The first-order valence-corrected chi connectivity index (χ1v) is 8.37. The average molecular weight is 367 g/mol. The number of carbonyl (C=O) groups excluding carboxylic acids is 1. The summed E-state index contributed by atoms with van der Waals surface area (Å²) in [6, 6.07) is 4.02. The smallest absolute Gasteiger partial charge is 0.318 e. The number of halogens is 3. The predicted molar refractivity (Wildman–Crippen MR) is 89.1 cm³/mol. The lowest BCUT2D eigenvalue weighted by molar-refractivity contribution is 0.186. The largest absolute Gasteiger partial charge is 0.331 e. The second-order valence-corrected chi connectivity index (χ2v) is 6.27. The fraction of sp³-hybridized carbons (Fsp3) is 0.353. The summed E-state index contributed by atoms with van der Waals surface area (Å²) in [5.41, 5.74) is 1.79. The Morgan fingerprint density at radius 1 is 1.36 bits per heavy atom. The molecule has 0 aliphatic carbocycles. The molecule has 3 rings (SSSR count). The summed E-state index contributed by atoms with van der Waals surface area (Å²) in [6.45, 7) is 2.59. The predicted octanol–water partition coefficient (Wildman–Crippen LogP) is 3.63. The van der Waals surface area contributed by atoms with Crippen LogP contribution in [-0.2, 0) is 13.0 Å². The Labute approximate surface area is 149 Å². The van der Waals surface area contributed by atoms with E-state index in [1.165, 1.54) is 0 Å². The zero-order valence-corrected chi connectivity index (χ0v) is 14.4. The highest BCUT2D eigenvalue weighted by molar-refractivity contribution is 6.29. The van der Waals surface area contributed by atoms with Gasteiger partial charge < -0.3 is 10.2 Å². The van der Waals surface area contributed by atoms with Crippen LogP contribution in [0.2, 0.25) is 5.15 Å². The number of nitrogens with zero attached hydrogens (tertiary/aromatic N) is 3. The molecular weight excluding hydrogens is 350 g/mol. The summed E-state index contributed by atoms with van der Waals surface area (Å²) in [5, 5.41) is 10.9. The van der Waals surface area contributed by atoms with Gasteiger partial charge in [-0.15, -0.1) is 5.10 Å². The van der Waals surface area contributed by atoms with Crippen molar-refractivity contribution in [3.63, 3.8) is 0 Å². The molecule has 1 aromatic carbocycles. The molecule has 0 radical (unpaired) electrons. The van der Waals surface area contributed by atoms with Crippen LogP contribution in [-0.4, -0.2) is 27.7 Å². The SMILES string of the molecule is CCC(NC(=O)N1CCc2cc(Cl)nnc2C1)c1cc(F)ccc1F. The molecule has 8 heteroatoms. The first-order valence-electron chi connectivity index (χ1n) is 7.99. The molecule has 0 saturated carbocycles. The molecule has 0 bridgehead atoms. The highest BCUT2D eigenvalue weighted by atomic mass is 35.5. The maximum absolute atomic E-state index is 14.0. The van der Waals surface area contributed by atoms with Crippen LogP contribution < -0.4 is 5.32 Å². The van der Waals surface area contributed by atoms with Crippen molar-refractivity contribution >= 4 is 17.6 Å². The molecule has 2 amide bonds. The quantitative estimate of drug-likeness (QED) is 0.902. The monoisotopic (exact) mass is 366 g/mol. The number of amides is 2. The number of hydrogen-bond acceptors (Lipinski definition) is 3. The van der Waals surface area contributed by atoms with Crippen molar-refractivity contribution in [1.82, 2.24) is 20.4 Å². The van der Waals surface area contributed by atoms with Crippen molar-refractivity contribution in [2.24, 2.45) is 0 Å². The molecule has 1 aliphatic rings. The minimum absolute atomic E-state index is 0.139. The van der Waals surface area contributed by atoms with Crippen LogP contribution in [0.15, 0.2) is 24.3 Å². The lowest BCUT2D eigenvalue weighted by atomic mass is 10.0. The Balaban J connectivity index is 1.73. The van der Waals surface area contributed by atoms with E-state index in [1.54, 1.807) is 17.9 Å². The van der Waals surface area contributed by atoms with Crippen LogP contribution >= 0.6 is 11.6 Å². The van der Waals surface area contributed by atoms with E-state index in [0.29, 0.717) is 36.8 Å². The Kier molecular flexibility index (Phi) is 5.13. The number of carbonyl (C=O) groups is 1. The molecule has 0 fully saturated rings. The Morgan fingerprint density at radius 2 is 2.16 bits per heavy atom. The van der Waals surface area contributed by atoms with Crippen molar-refractivity contribution in [3.8, 4) is 0 Å². The normalized spacial score (nSPS) is 14.8. The van der Waals surface area contributed by atoms with E-state index in [2.05, 4.69) is 15.5 Å². The van der Waals surface area contributed by atoms with Crippen LogP contribution in [0, 0.1) is 11.6 Å². The molecule has 1 aliphatic heterocycles. The molecule has 1 unspecified atom stereocenters. The van der Waals surface area contributed by atoms with Crippen LogP contribution in [0.25, 0.3) is 0 Å². The zero-order chi connectivity index (χ0) is 18.0. The summed E-state index contributed by atoms with van der Waals surface area (Å²) in [5.74, 6) is -1.08. The standard InChI is InChI=1S/C17H17ClF2N4O/c1-2-14(12-8-11(19)3-4-13(12)20)21-17(25)24-6-5-10-7-16(18)23-22-15(10)9-24/h3-4,7-8,14H,2,5-6,9H2,1H3,(H,21,25). The number of hydrogen-bond donors (Lipinski definition) is 1. The van der Waals surface area contributed by atoms with E-state index in [0.717, 1.165) is 23.8 Å². The van der Waals surface area contributed by atoms with Gasteiger partial charge >= 0.3 is 6.03 Å². The molecule has 1 atom stereocenters. The summed E-state index contributed by atoms with van der Waals surface area (Å²) in [4.78, 5) is 14.1. The van der Waals surface area contributed by atoms with Gasteiger partial charge in [-0.2, -0.15) is 5.10 Å². The lowest BCUT2D eigenvalue weighted by Crippen LogP contribution is -2.44. The van der Waals surface area contributed by atoms with E-state index in [9.17, 15) is 13.6 Å². The average Bonchev–Trinajstić information content (AvgIpc) is 2.61. The Morgan fingerprint density at radius 3 is 2.92 bits per heavy atom. The van der Waals surface area contributed by atoms with E-state index < -0.39 is 17.7 Å². The van der Waals surface area contributed by atoms with Crippen molar-refractivity contribution < 1.29 is 13.6 Å². The summed E-state index contributed by atoms with van der Waals surface area (Å²) < 4.78 is 27.4. The Hall–Kier alpha value is -2.28. The first kappa shape index (κ1) is 17.5. The molecule has 0 spiro atoms. The highest BCUT2D eigenvalue weighted by Crippen LogP contribution is 2.23. The van der Waals surface area contributed by atoms with Crippen molar-refractivity contribution in [2.75, 3.05) is 6.54 Å². The van der Waals surface area contributed by atoms with Gasteiger partial charge in [0, 0.05) is 12.1 Å². The maximum atomic E-state index is 14.0. The highest BCUT2D eigenvalue weighted by Gasteiger charge is 2.25. The molecule has 2 heterocycles. The molecule has 2 aromatic rings. The molecule has 1 aromatic heterocycles. The molecule has 1 N–H and O–H groups in total. The van der Waals surface area contributed by atoms with Gasteiger partial charge in [-0.25, -0.2) is 13.6 Å². The lowest BCUT2D eigenvalue weighted by Gasteiger charge is -2.30. The number of aromatic nitrogens is 2. The van der Waals surface area contributed by atoms with Gasteiger partial charge in [0.25, 0.3) is 0 Å². The molecule has 25 heavy (non-hydrogen) atoms. The molecule has 132 valence electrons. The molecular formula is C17H17ClF2N4O. The van der Waals surface area contributed by atoms with Crippen LogP contribution in [0.3, 0.4) is 0 Å². The third-order valence-corrected chi connectivity index (χ3v) is 4.43. The third kappa shape index (κ3) is 3.87. The van der Waals surface area contributed by atoms with Crippen LogP contribution in [0.4, 0.5) is 13.6 Å². The number of fused-ring (bicyclic) bond motifs is 1. The number of urea groups is 1. The summed E-state index contributed by atoms with van der Waals surface area (Å²) in [7, 11) is 0. The third-order valence-electron chi connectivity index (χ3n) is 4.25. The second-order valence-electron chi connectivity index (χ2n) is 5.89. The van der Waals surface area contributed by atoms with Gasteiger partial charge in [-0.1, -0.05) is 18.5 Å². The van der Waals surface area contributed by atoms with Crippen molar-refractivity contribution in [3.05, 3.63) is 57.9 Å². The maximum Gasteiger partial charge on any atom is 0.318 e. The van der Waals surface area contributed by atoms with Gasteiger partial charge in [-0.3, -0.25) is 0 Å². The van der Waals surface area contributed by atoms with E-state index >= 15 is 0 Å². The van der Waals surface area contributed by atoms with Crippen LogP contribution in [0.5, 0.6) is 0 Å². The van der Waals surface area contributed by atoms with E-state index in [4.69, 9.17) is 11.6 Å². The van der Waals surface area contributed by atoms with Gasteiger partial charge in [0.1, 0.15) is 11.6 Å². The van der Waals surface area contributed by atoms with Crippen LogP contribution in [0.1, 0.15) is 36.2 Å². The zero-order valence-electron chi connectivity index (χ0n) is 13.6. The fourth-order valence-corrected chi connectivity index (χ4v) is 3.06. The number of nitrogens with one attached hydrogen (secondary N) is 1. The number of benzene rings is 1. The second kappa shape index (κ2) is 7.31. The van der Waals surface area contributed by atoms with Crippen molar-refractivity contribution in [1.29, 1.82) is 0 Å². The van der Waals surface area contributed by atoms with Gasteiger partial charge in [0.2, 0.25) is 0 Å². The summed E-state index contributed by atoms with van der Waals surface area (Å²) in [6.07, 6.45) is 1.05. The molecule has 0 saturated heterocycles. The minimum atomic E-state index is -0.610. The summed E-state index contributed by atoms with van der Waals surface area (Å²) >= 11 is 5.83. The van der Waals surface area contributed by atoms with Crippen molar-refractivity contribution in [2.45, 2.75) is 32.4 Å². The fourth-order valence-electron chi connectivity index (χ4n) is 2.89.